The molecule has 0 aromatic heterocycles. The highest BCUT2D eigenvalue weighted by Crippen LogP contribution is 2.22. The standard InChI is InChI=1S/C22H27N3O4S/c1-16-9-10-18(13-17(16)2)22(27)23-15-21(26)24-19-7-6-8-20(14-19)30(28,29)25-11-4-3-5-12-25/h6-10,13-14H,3-5,11-12,15H2,1-2H3,(H,23,27)(H,24,26). The third-order valence-corrected chi connectivity index (χ3v) is 7.14. The van der Waals surface area contributed by atoms with Crippen molar-refractivity contribution in [1.29, 1.82) is 0 Å². The summed E-state index contributed by atoms with van der Waals surface area (Å²) in [6.07, 6.45) is 2.75. The highest BCUT2D eigenvalue weighted by Gasteiger charge is 2.26. The monoisotopic (exact) mass is 429 g/mol. The number of aryl methyl sites for hydroxylation is 2. The molecule has 8 heteroatoms. The minimum absolute atomic E-state index is 0.154. The quantitative estimate of drug-likeness (QED) is 0.738. The van der Waals surface area contributed by atoms with Crippen LogP contribution in [0.1, 0.15) is 40.7 Å². The smallest absolute Gasteiger partial charge is 0.251 e. The third-order valence-electron chi connectivity index (χ3n) is 5.25. The number of benzene rings is 2. The van der Waals surface area contributed by atoms with Gasteiger partial charge >= 0.3 is 0 Å². The van der Waals surface area contributed by atoms with Crippen LogP contribution in [0.3, 0.4) is 0 Å². The fraction of sp³-hybridized carbons (Fsp3) is 0.364. The largest absolute Gasteiger partial charge is 0.343 e. The van der Waals surface area contributed by atoms with E-state index in [1.807, 2.05) is 19.9 Å². The Hall–Kier alpha value is -2.71. The average molecular weight is 430 g/mol. The van der Waals surface area contributed by atoms with E-state index in [0.717, 1.165) is 30.4 Å². The second-order valence-corrected chi connectivity index (χ2v) is 9.46. The first-order chi connectivity index (χ1) is 14.3. The molecule has 1 aliphatic rings. The summed E-state index contributed by atoms with van der Waals surface area (Å²) >= 11 is 0. The summed E-state index contributed by atoms with van der Waals surface area (Å²) in [6.45, 7) is 4.70. The molecule has 3 rings (SSSR count). The fourth-order valence-electron chi connectivity index (χ4n) is 3.34. The number of hydrogen-bond donors (Lipinski definition) is 2. The molecule has 160 valence electrons. The predicted molar refractivity (Wildman–Crippen MR) is 116 cm³/mol. The summed E-state index contributed by atoms with van der Waals surface area (Å²) in [4.78, 5) is 24.7. The Morgan fingerprint density at radius 1 is 0.967 bits per heavy atom. The second-order valence-electron chi connectivity index (χ2n) is 7.52. The van der Waals surface area contributed by atoms with Crippen LogP contribution in [-0.4, -0.2) is 44.2 Å². The van der Waals surface area contributed by atoms with E-state index < -0.39 is 15.9 Å². The molecule has 1 saturated heterocycles. The van der Waals surface area contributed by atoms with Crippen LogP contribution in [0.4, 0.5) is 5.69 Å². The molecule has 2 N–H and O–H groups in total. The van der Waals surface area contributed by atoms with E-state index in [2.05, 4.69) is 10.6 Å². The van der Waals surface area contributed by atoms with Crippen molar-refractivity contribution >= 4 is 27.5 Å². The van der Waals surface area contributed by atoms with Gasteiger partial charge in [0.2, 0.25) is 15.9 Å². The van der Waals surface area contributed by atoms with Crippen LogP contribution in [0.15, 0.2) is 47.4 Å². The van der Waals surface area contributed by atoms with Crippen molar-refractivity contribution in [2.24, 2.45) is 0 Å². The van der Waals surface area contributed by atoms with Crippen molar-refractivity contribution in [3.8, 4) is 0 Å². The molecule has 0 atom stereocenters. The fourth-order valence-corrected chi connectivity index (χ4v) is 4.90. The predicted octanol–water partition coefficient (Wildman–Crippen LogP) is 2.85. The van der Waals surface area contributed by atoms with Gasteiger partial charge in [-0.3, -0.25) is 9.59 Å². The number of nitrogens with zero attached hydrogens (tertiary/aromatic N) is 1. The Kier molecular flexibility index (Phi) is 6.89. The van der Waals surface area contributed by atoms with Gasteiger partial charge in [0.1, 0.15) is 0 Å². The maximum absolute atomic E-state index is 12.8. The lowest BCUT2D eigenvalue weighted by Gasteiger charge is -2.26. The summed E-state index contributed by atoms with van der Waals surface area (Å²) in [5, 5.41) is 5.23. The average Bonchev–Trinajstić information content (AvgIpc) is 2.75. The van der Waals surface area contributed by atoms with E-state index in [9.17, 15) is 18.0 Å². The number of sulfonamides is 1. The van der Waals surface area contributed by atoms with Gasteiger partial charge in [-0.1, -0.05) is 18.6 Å². The van der Waals surface area contributed by atoms with Gasteiger partial charge in [-0.15, -0.1) is 0 Å². The van der Waals surface area contributed by atoms with Gasteiger partial charge in [0, 0.05) is 24.3 Å². The summed E-state index contributed by atoms with van der Waals surface area (Å²) in [6, 6.07) is 11.5. The van der Waals surface area contributed by atoms with E-state index in [1.54, 1.807) is 24.3 Å². The first kappa shape index (κ1) is 22.0. The number of carbonyl (C=O) groups is 2. The molecule has 0 spiro atoms. The summed E-state index contributed by atoms with van der Waals surface area (Å²) in [5.41, 5.74) is 2.95. The molecule has 1 aliphatic heterocycles. The van der Waals surface area contributed by atoms with Gasteiger partial charge in [-0.25, -0.2) is 8.42 Å². The van der Waals surface area contributed by atoms with Crippen molar-refractivity contribution < 1.29 is 18.0 Å². The molecule has 2 aromatic rings. The van der Waals surface area contributed by atoms with Crippen molar-refractivity contribution in [3.05, 3.63) is 59.2 Å². The summed E-state index contributed by atoms with van der Waals surface area (Å²) in [5.74, 6) is -0.769. The van der Waals surface area contributed by atoms with E-state index in [0.29, 0.717) is 24.3 Å². The molecular weight excluding hydrogens is 402 g/mol. The van der Waals surface area contributed by atoms with Crippen LogP contribution in [0, 0.1) is 13.8 Å². The maximum Gasteiger partial charge on any atom is 0.251 e. The van der Waals surface area contributed by atoms with E-state index >= 15 is 0 Å². The SMILES string of the molecule is Cc1ccc(C(=O)NCC(=O)Nc2cccc(S(=O)(=O)N3CCCCC3)c2)cc1C. The zero-order chi connectivity index (χ0) is 21.7. The van der Waals surface area contributed by atoms with Gasteiger partial charge in [0.15, 0.2) is 0 Å². The second kappa shape index (κ2) is 9.40. The van der Waals surface area contributed by atoms with Crippen LogP contribution in [-0.2, 0) is 14.8 Å². The Bertz CT molecular complexity index is 1040. The molecule has 30 heavy (non-hydrogen) atoms. The van der Waals surface area contributed by atoms with Crippen molar-refractivity contribution in [3.63, 3.8) is 0 Å². The van der Waals surface area contributed by atoms with Crippen molar-refractivity contribution in [1.82, 2.24) is 9.62 Å². The van der Waals surface area contributed by atoms with E-state index in [4.69, 9.17) is 0 Å². The number of carbonyl (C=O) groups excluding carboxylic acids is 2. The van der Waals surface area contributed by atoms with Crippen LogP contribution >= 0.6 is 0 Å². The molecule has 7 nitrogen and oxygen atoms in total. The first-order valence-electron chi connectivity index (χ1n) is 10.0. The van der Waals surface area contributed by atoms with Crippen molar-refractivity contribution in [2.75, 3.05) is 25.0 Å². The molecule has 0 unspecified atom stereocenters. The third kappa shape index (κ3) is 5.25. The maximum atomic E-state index is 12.8. The topological polar surface area (TPSA) is 95.6 Å². The minimum Gasteiger partial charge on any atom is -0.343 e. The number of hydrogen-bond acceptors (Lipinski definition) is 4. The van der Waals surface area contributed by atoms with E-state index in [1.165, 1.54) is 16.4 Å². The Morgan fingerprint density at radius 2 is 1.70 bits per heavy atom. The summed E-state index contributed by atoms with van der Waals surface area (Å²) in [7, 11) is -3.58. The first-order valence-corrected chi connectivity index (χ1v) is 11.5. The highest BCUT2D eigenvalue weighted by molar-refractivity contribution is 7.89. The van der Waals surface area contributed by atoms with Gasteiger partial charge in [-0.2, -0.15) is 4.31 Å². The Labute approximate surface area is 177 Å². The Balaban J connectivity index is 1.61. The molecule has 0 radical (unpaired) electrons. The van der Waals surface area contributed by atoms with Crippen LogP contribution in [0.5, 0.6) is 0 Å². The molecule has 2 aromatic carbocycles. The number of rotatable bonds is 6. The van der Waals surface area contributed by atoms with Gasteiger partial charge in [0.05, 0.1) is 11.4 Å². The molecule has 2 amide bonds. The van der Waals surface area contributed by atoms with Gasteiger partial charge in [-0.05, 0) is 68.1 Å². The molecule has 0 aliphatic carbocycles. The normalized spacial score (nSPS) is 14.9. The van der Waals surface area contributed by atoms with Crippen LogP contribution in [0.25, 0.3) is 0 Å². The number of amides is 2. The molecule has 0 bridgehead atoms. The lowest BCUT2D eigenvalue weighted by Crippen LogP contribution is -2.35. The zero-order valence-corrected chi connectivity index (χ0v) is 18.1. The van der Waals surface area contributed by atoms with Crippen molar-refractivity contribution in [2.45, 2.75) is 38.0 Å². The van der Waals surface area contributed by atoms with Gasteiger partial charge in [0.25, 0.3) is 5.91 Å². The molecule has 0 saturated carbocycles. The Morgan fingerprint density at radius 3 is 2.40 bits per heavy atom. The molecule has 1 fully saturated rings. The molecule has 1 heterocycles. The van der Waals surface area contributed by atoms with E-state index in [-0.39, 0.29) is 17.3 Å². The number of piperidine rings is 1. The van der Waals surface area contributed by atoms with Crippen LogP contribution < -0.4 is 10.6 Å². The summed E-state index contributed by atoms with van der Waals surface area (Å²) < 4.78 is 27.1. The van der Waals surface area contributed by atoms with Gasteiger partial charge < -0.3 is 10.6 Å². The molecular formula is C22H27N3O4S. The number of nitrogens with one attached hydrogen (secondary N) is 2. The highest BCUT2D eigenvalue weighted by atomic mass is 32.2. The zero-order valence-electron chi connectivity index (χ0n) is 17.3. The minimum atomic E-state index is -3.58. The lowest BCUT2D eigenvalue weighted by atomic mass is 10.1. The number of anilines is 1. The lowest BCUT2D eigenvalue weighted by molar-refractivity contribution is -0.115. The van der Waals surface area contributed by atoms with Crippen LogP contribution in [0.2, 0.25) is 0 Å².